The topological polar surface area (TPSA) is 98.5 Å². The molecule has 1 atom stereocenters. The van der Waals surface area contributed by atoms with Gasteiger partial charge in [0, 0.05) is 5.69 Å². The minimum atomic E-state index is -4.09. The van der Waals surface area contributed by atoms with Crippen LogP contribution in [0.25, 0.3) is 0 Å². The zero-order chi connectivity index (χ0) is 15.7. The van der Waals surface area contributed by atoms with Crippen LogP contribution in [0.3, 0.4) is 0 Å². The lowest BCUT2D eigenvalue weighted by atomic mass is 9.87. The fraction of sp³-hybridized carbons (Fsp3) is 0.133. The van der Waals surface area contributed by atoms with Gasteiger partial charge in [-0.2, -0.15) is 13.6 Å². The van der Waals surface area contributed by atoms with Crippen molar-refractivity contribution in [2.75, 3.05) is 5.32 Å². The van der Waals surface area contributed by atoms with E-state index in [2.05, 4.69) is 9.50 Å². The number of carbonyl (C=O) groups is 1. The van der Waals surface area contributed by atoms with E-state index in [4.69, 9.17) is 5.14 Å². The molecule has 0 fully saturated rings. The van der Waals surface area contributed by atoms with E-state index in [1.54, 1.807) is 12.1 Å². The van der Waals surface area contributed by atoms with Crippen molar-refractivity contribution in [2.45, 2.75) is 12.3 Å². The summed E-state index contributed by atoms with van der Waals surface area (Å²) in [6, 6.07) is 14.0. The monoisotopic (exact) mass is 318 g/mol. The smallest absolute Gasteiger partial charge is 0.371 e. The van der Waals surface area contributed by atoms with E-state index in [1.165, 1.54) is 12.1 Å². The zero-order valence-electron chi connectivity index (χ0n) is 11.5. The van der Waals surface area contributed by atoms with Crippen LogP contribution in [-0.4, -0.2) is 14.3 Å². The Morgan fingerprint density at radius 1 is 1.14 bits per heavy atom. The first-order valence-electron chi connectivity index (χ1n) is 6.63. The molecule has 1 heterocycles. The van der Waals surface area contributed by atoms with E-state index in [-0.39, 0.29) is 11.7 Å². The summed E-state index contributed by atoms with van der Waals surface area (Å²) in [5.74, 6) is -0.447. The van der Waals surface area contributed by atoms with Crippen LogP contribution in [0, 0.1) is 0 Å². The Kier molecular flexibility index (Phi) is 3.59. The van der Waals surface area contributed by atoms with E-state index in [0.29, 0.717) is 12.0 Å². The number of anilines is 1. The molecule has 2 aromatic carbocycles. The van der Waals surface area contributed by atoms with Crippen molar-refractivity contribution in [3.63, 3.8) is 0 Å². The molecule has 1 amide bonds. The van der Waals surface area contributed by atoms with Gasteiger partial charge in [-0.15, -0.1) is 0 Å². The summed E-state index contributed by atoms with van der Waals surface area (Å²) >= 11 is 0. The van der Waals surface area contributed by atoms with Gasteiger partial charge in [-0.25, -0.2) is 0 Å². The molecule has 0 bridgehead atoms. The number of hydrogen-bond donors (Lipinski definition) is 2. The molecule has 7 heteroatoms. The number of benzene rings is 2. The second kappa shape index (κ2) is 5.43. The first-order chi connectivity index (χ1) is 10.4. The van der Waals surface area contributed by atoms with E-state index < -0.39 is 16.2 Å². The van der Waals surface area contributed by atoms with E-state index in [0.717, 1.165) is 11.3 Å². The minimum absolute atomic E-state index is 0.0895. The summed E-state index contributed by atoms with van der Waals surface area (Å²) in [5, 5.41) is 7.71. The first kappa shape index (κ1) is 14.6. The molecule has 3 rings (SSSR count). The Hall–Kier alpha value is -2.38. The van der Waals surface area contributed by atoms with Crippen LogP contribution in [0.2, 0.25) is 0 Å². The number of rotatable bonds is 3. The van der Waals surface area contributed by atoms with Gasteiger partial charge in [0.05, 0.1) is 5.92 Å². The van der Waals surface area contributed by atoms with Gasteiger partial charge in [0.2, 0.25) is 5.91 Å². The van der Waals surface area contributed by atoms with Crippen LogP contribution in [0.5, 0.6) is 5.75 Å². The van der Waals surface area contributed by atoms with Crippen molar-refractivity contribution in [1.29, 1.82) is 0 Å². The van der Waals surface area contributed by atoms with Crippen molar-refractivity contribution in [1.82, 2.24) is 0 Å². The molecule has 2 aromatic rings. The lowest BCUT2D eigenvalue weighted by Gasteiger charge is -2.25. The zero-order valence-corrected chi connectivity index (χ0v) is 12.3. The number of hydrogen-bond acceptors (Lipinski definition) is 4. The normalized spacial score (nSPS) is 17.5. The lowest BCUT2D eigenvalue weighted by molar-refractivity contribution is -0.117. The Bertz CT molecular complexity index is 833. The number of fused-ring (bicyclic) bond motifs is 1. The van der Waals surface area contributed by atoms with Gasteiger partial charge in [-0.3, -0.25) is 4.79 Å². The SMILES string of the molecule is NS(=O)(=O)Oc1cccc([C@@H]2Cc3ccccc3NC2=O)c1. The molecule has 6 nitrogen and oxygen atoms in total. The highest BCUT2D eigenvalue weighted by Gasteiger charge is 2.27. The van der Waals surface area contributed by atoms with Crippen LogP contribution < -0.4 is 14.6 Å². The van der Waals surface area contributed by atoms with Gasteiger partial charge in [0.1, 0.15) is 5.75 Å². The molecule has 0 unspecified atom stereocenters. The Morgan fingerprint density at radius 3 is 2.68 bits per heavy atom. The number of nitrogens with two attached hydrogens (primary N) is 1. The molecule has 114 valence electrons. The Labute approximate surface area is 128 Å². The van der Waals surface area contributed by atoms with Crippen molar-refractivity contribution in [3.8, 4) is 5.75 Å². The number of carbonyl (C=O) groups excluding carboxylic acids is 1. The summed E-state index contributed by atoms with van der Waals surface area (Å²) in [6.07, 6.45) is 0.542. The van der Waals surface area contributed by atoms with Crippen LogP contribution in [0.4, 0.5) is 5.69 Å². The quantitative estimate of drug-likeness (QED) is 0.897. The second-order valence-corrected chi connectivity index (χ2v) is 6.20. The number of amides is 1. The number of nitrogens with one attached hydrogen (secondary N) is 1. The fourth-order valence-electron chi connectivity index (χ4n) is 2.54. The van der Waals surface area contributed by atoms with Crippen molar-refractivity contribution in [2.24, 2.45) is 5.14 Å². The van der Waals surface area contributed by atoms with Crippen LogP contribution in [-0.2, 0) is 21.5 Å². The third kappa shape index (κ3) is 3.10. The predicted molar refractivity (Wildman–Crippen MR) is 81.7 cm³/mol. The highest BCUT2D eigenvalue weighted by molar-refractivity contribution is 7.84. The summed E-state index contributed by atoms with van der Waals surface area (Å²) in [4.78, 5) is 12.3. The summed E-state index contributed by atoms with van der Waals surface area (Å²) in [7, 11) is -4.09. The Morgan fingerprint density at radius 2 is 1.91 bits per heavy atom. The van der Waals surface area contributed by atoms with Gasteiger partial charge in [0.15, 0.2) is 0 Å². The Balaban J connectivity index is 1.92. The molecule has 0 saturated carbocycles. The maximum absolute atomic E-state index is 12.3. The molecule has 0 radical (unpaired) electrons. The van der Waals surface area contributed by atoms with E-state index in [9.17, 15) is 13.2 Å². The van der Waals surface area contributed by atoms with E-state index in [1.807, 2.05) is 24.3 Å². The molecule has 22 heavy (non-hydrogen) atoms. The molecule has 1 aliphatic rings. The molecule has 3 N–H and O–H groups in total. The van der Waals surface area contributed by atoms with Gasteiger partial charge in [0.25, 0.3) is 0 Å². The van der Waals surface area contributed by atoms with Gasteiger partial charge >= 0.3 is 10.3 Å². The molecule has 0 aromatic heterocycles. The van der Waals surface area contributed by atoms with Crippen molar-refractivity contribution >= 4 is 21.9 Å². The summed E-state index contributed by atoms with van der Waals surface area (Å²) in [5.41, 5.74) is 2.51. The van der Waals surface area contributed by atoms with Crippen molar-refractivity contribution in [3.05, 3.63) is 59.7 Å². The van der Waals surface area contributed by atoms with Crippen molar-refractivity contribution < 1.29 is 17.4 Å². The summed E-state index contributed by atoms with van der Waals surface area (Å²) < 4.78 is 26.6. The van der Waals surface area contributed by atoms with E-state index >= 15 is 0 Å². The van der Waals surface area contributed by atoms with Gasteiger partial charge < -0.3 is 9.50 Å². The van der Waals surface area contributed by atoms with Gasteiger partial charge in [-0.05, 0) is 35.7 Å². The largest absolute Gasteiger partial charge is 0.380 e. The van der Waals surface area contributed by atoms with Crippen LogP contribution in [0.1, 0.15) is 17.0 Å². The highest BCUT2D eigenvalue weighted by atomic mass is 32.2. The molecule has 0 spiro atoms. The molecule has 0 aliphatic carbocycles. The first-order valence-corrected chi connectivity index (χ1v) is 8.10. The predicted octanol–water partition coefficient (Wildman–Crippen LogP) is 1.55. The lowest BCUT2D eigenvalue weighted by Crippen LogP contribution is -2.28. The van der Waals surface area contributed by atoms with Crippen LogP contribution >= 0.6 is 0 Å². The third-order valence-electron chi connectivity index (χ3n) is 3.49. The molecular weight excluding hydrogens is 304 g/mol. The average molecular weight is 318 g/mol. The standard InChI is InChI=1S/C15H14N2O4S/c16-22(19,20)21-12-6-3-5-10(8-12)13-9-11-4-1-2-7-14(11)17-15(13)18/h1-8,13H,9H2,(H,17,18)(H2,16,19,20)/t13-/m0/s1. The number of para-hydroxylation sites is 1. The maximum Gasteiger partial charge on any atom is 0.380 e. The summed E-state index contributed by atoms with van der Waals surface area (Å²) in [6.45, 7) is 0. The average Bonchev–Trinajstić information content (AvgIpc) is 2.45. The third-order valence-corrected chi connectivity index (χ3v) is 3.91. The van der Waals surface area contributed by atoms with Gasteiger partial charge in [-0.1, -0.05) is 30.3 Å². The minimum Gasteiger partial charge on any atom is -0.371 e. The second-order valence-electron chi connectivity index (χ2n) is 5.05. The molecule has 0 saturated heterocycles. The molecule has 1 aliphatic heterocycles. The maximum atomic E-state index is 12.3. The highest BCUT2D eigenvalue weighted by Crippen LogP contribution is 2.32. The fourth-order valence-corrected chi connectivity index (χ4v) is 2.91. The molecular formula is C15H14N2O4S. The van der Waals surface area contributed by atoms with Crippen LogP contribution in [0.15, 0.2) is 48.5 Å².